The zero-order valence-corrected chi connectivity index (χ0v) is 12.6. The highest BCUT2D eigenvalue weighted by molar-refractivity contribution is 7.90. The Morgan fingerprint density at radius 2 is 1.90 bits per heavy atom. The molecule has 0 radical (unpaired) electrons. The number of pyridine rings is 1. The summed E-state index contributed by atoms with van der Waals surface area (Å²) in [6.45, 7) is 1.98. The molecule has 0 aliphatic rings. The van der Waals surface area contributed by atoms with Crippen LogP contribution in [-0.2, 0) is 9.84 Å². The zero-order chi connectivity index (χ0) is 15.0. The van der Waals surface area contributed by atoms with Gasteiger partial charge in [-0.2, -0.15) is 0 Å². The second kappa shape index (κ2) is 4.96. The van der Waals surface area contributed by atoms with E-state index in [2.05, 4.69) is 15.0 Å². The Bertz CT molecular complexity index is 895. The number of sulfone groups is 1. The van der Waals surface area contributed by atoms with Crippen LogP contribution in [0.1, 0.15) is 24.2 Å². The van der Waals surface area contributed by atoms with Gasteiger partial charge in [0.15, 0.2) is 0 Å². The lowest BCUT2D eigenvalue weighted by Gasteiger charge is -2.11. The Balaban J connectivity index is 2.09. The third-order valence-corrected chi connectivity index (χ3v) is 4.41. The SMILES string of the molecule is CC(c1cnc(S(C)(=O)=O)[nH]1)c1nccc2ccccc12. The van der Waals surface area contributed by atoms with Crippen LogP contribution in [0.2, 0.25) is 0 Å². The fourth-order valence-electron chi connectivity index (χ4n) is 2.36. The second-order valence-corrected chi connectivity index (χ2v) is 6.99. The molecule has 1 N–H and O–H groups in total. The van der Waals surface area contributed by atoms with E-state index >= 15 is 0 Å². The number of benzene rings is 1. The summed E-state index contributed by atoms with van der Waals surface area (Å²) in [4.78, 5) is 11.3. The van der Waals surface area contributed by atoms with Gasteiger partial charge in [-0.15, -0.1) is 0 Å². The Hall–Kier alpha value is -2.21. The first-order chi connectivity index (χ1) is 9.97. The van der Waals surface area contributed by atoms with Crippen LogP contribution in [-0.4, -0.2) is 29.6 Å². The van der Waals surface area contributed by atoms with Gasteiger partial charge in [-0.25, -0.2) is 13.4 Å². The number of hydrogen-bond donors (Lipinski definition) is 1. The summed E-state index contributed by atoms with van der Waals surface area (Å²) in [6, 6.07) is 9.95. The molecule has 5 nitrogen and oxygen atoms in total. The summed E-state index contributed by atoms with van der Waals surface area (Å²) in [5, 5.41) is 2.16. The normalized spacial score (nSPS) is 13.4. The summed E-state index contributed by atoms with van der Waals surface area (Å²) in [6.07, 6.45) is 4.46. The lowest BCUT2D eigenvalue weighted by atomic mass is 9.98. The van der Waals surface area contributed by atoms with Crippen LogP contribution >= 0.6 is 0 Å². The molecule has 3 rings (SSSR count). The molecule has 0 saturated carbocycles. The molecule has 0 spiro atoms. The van der Waals surface area contributed by atoms with E-state index in [1.54, 1.807) is 12.4 Å². The highest BCUT2D eigenvalue weighted by Crippen LogP contribution is 2.27. The van der Waals surface area contributed by atoms with Crippen molar-refractivity contribution in [3.63, 3.8) is 0 Å². The van der Waals surface area contributed by atoms with Gasteiger partial charge in [-0.05, 0) is 11.5 Å². The average Bonchev–Trinajstić information content (AvgIpc) is 2.96. The van der Waals surface area contributed by atoms with Crippen molar-refractivity contribution in [1.29, 1.82) is 0 Å². The number of nitrogens with one attached hydrogen (secondary N) is 1. The highest BCUT2D eigenvalue weighted by atomic mass is 32.2. The fourth-order valence-corrected chi connectivity index (χ4v) is 2.91. The summed E-state index contributed by atoms with van der Waals surface area (Å²) in [5.41, 5.74) is 1.64. The number of imidazole rings is 1. The number of aromatic nitrogens is 3. The summed E-state index contributed by atoms with van der Waals surface area (Å²) in [7, 11) is -3.33. The smallest absolute Gasteiger partial charge is 0.224 e. The Kier molecular flexibility index (Phi) is 3.25. The van der Waals surface area contributed by atoms with Crippen molar-refractivity contribution < 1.29 is 8.42 Å². The molecule has 0 amide bonds. The van der Waals surface area contributed by atoms with Gasteiger partial charge in [0, 0.05) is 29.5 Å². The number of fused-ring (bicyclic) bond motifs is 1. The number of hydrogen-bond acceptors (Lipinski definition) is 4. The number of nitrogens with zero attached hydrogens (tertiary/aromatic N) is 2. The summed E-state index contributed by atoms with van der Waals surface area (Å²) < 4.78 is 23.0. The quantitative estimate of drug-likeness (QED) is 0.806. The molecule has 0 aliphatic carbocycles. The van der Waals surface area contributed by atoms with Gasteiger partial charge < -0.3 is 4.98 Å². The first-order valence-corrected chi connectivity index (χ1v) is 8.44. The molecular weight excluding hydrogens is 286 g/mol. The van der Waals surface area contributed by atoms with Gasteiger partial charge in [0.2, 0.25) is 15.0 Å². The topological polar surface area (TPSA) is 75.7 Å². The van der Waals surface area contributed by atoms with Gasteiger partial charge in [-0.1, -0.05) is 31.2 Å². The van der Waals surface area contributed by atoms with E-state index in [1.165, 1.54) is 0 Å². The maximum atomic E-state index is 11.5. The van der Waals surface area contributed by atoms with Crippen molar-refractivity contribution in [2.75, 3.05) is 6.26 Å². The van der Waals surface area contributed by atoms with Gasteiger partial charge in [0.25, 0.3) is 0 Å². The third-order valence-electron chi connectivity index (χ3n) is 3.50. The molecule has 0 fully saturated rings. The van der Waals surface area contributed by atoms with Crippen LogP contribution in [0.3, 0.4) is 0 Å². The Morgan fingerprint density at radius 1 is 1.14 bits per heavy atom. The van der Waals surface area contributed by atoms with E-state index in [0.29, 0.717) is 0 Å². The van der Waals surface area contributed by atoms with E-state index in [1.807, 2.05) is 37.3 Å². The van der Waals surface area contributed by atoms with Crippen LogP contribution in [0.4, 0.5) is 0 Å². The average molecular weight is 301 g/mol. The number of aromatic amines is 1. The van der Waals surface area contributed by atoms with Gasteiger partial charge in [0.1, 0.15) is 0 Å². The van der Waals surface area contributed by atoms with E-state index in [0.717, 1.165) is 28.4 Å². The molecule has 21 heavy (non-hydrogen) atoms. The van der Waals surface area contributed by atoms with E-state index in [4.69, 9.17) is 0 Å². The largest absolute Gasteiger partial charge is 0.332 e. The monoisotopic (exact) mass is 301 g/mol. The molecule has 1 atom stereocenters. The highest BCUT2D eigenvalue weighted by Gasteiger charge is 2.18. The third kappa shape index (κ3) is 2.54. The molecular formula is C15H15N3O2S. The minimum atomic E-state index is -3.33. The first kappa shape index (κ1) is 13.8. The van der Waals surface area contributed by atoms with Gasteiger partial charge >= 0.3 is 0 Å². The predicted molar refractivity (Wildman–Crippen MR) is 81.0 cm³/mol. The number of rotatable bonds is 3. The standard InChI is InChI=1S/C15H15N3O2S/c1-10(13-9-17-15(18-13)21(2,19)20)14-12-6-4-3-5-11(12)7-8-16-14/h3-10H,1-2H3,(H,17,18). The minimum Gasteiger partial charge on any atom is -0.332 e. The molecule has 0 aliphatic heterocycles. The van der Waals surface area contributed by atoms with Crippen molar-refractivity contribution in [3.8, 4) is 0 Å². The van der Waals surface area contributed by atoms with Crippen molar-refractivity contribution in [2.24, 2.45) is 0 Å². The van der Waals surface area contributed by atoms with Crippen LogP contribution in [0.25, 0.3) is 10.8 Å². The molecule has 2 heterocycles. The molecule has 1 unspecified atom stereocenters. The van der Waals surface area contributed by atoms with Gasteiger partial charge in [0.05, 0.1) is 11.9 Å². The van der Waals surface area contributed by atoms with Gasteiger partial charge in [-0.3, -0.25) is 4.98 Å². The lowest BCUT2D eigenvalue weighted by molar-refractivity contribution is 0.594. The lowest BCUT2D eigenvalue weighted by Crippen LogP contribution is -2.03. The molecule has 2 aromatic heterocycles. The molecule has 6 heteroatoms. The Labute approximate surface area is 123 Å². The minimum absolute atomic E-state index is 0.00964. The molecule has 3 aromatic rings. The maximum absolute atomic E-state index is 11.5. The molecule has 108 valence electrons. The van der Waals surface area contributed by atoms with Crippen molar-refractivity contribution in [1.82, 2.24) is 15.0 Å². The Morgan fingerprint density at radius 3 is 2.62 bits per heavy atom. The first-order valence-electron chi connectivity index (χ1n) is 6.55. The van der Waals surface area contributed by atoms with Crippen molar-refractivity contribution in [3.05, 3.63) is 54.1 Å². The maximum Gasteiger partial charge on any atom is 0.224 e. The van der Waals surface area contributed by atoms with Crippen LogP contribution in [0, 0.1) is 0 Å². The van der Waals surface area contributed by atoms with Crippen LogP contribution in [0.5, 0.6) is 0 Å². The zero-order valence-electron chi connectivity index (χ0n) is 11.7. The predicted octanol–water partition coefficient (Wildman–Crippen LogP) is 2.51. The molecule has 0 saturated heterocycles. The van der Waals surface area contributed by atoms with E-state index < -0.39 is 9.84 Å². The van der Waals surface area contributed by atoms with Crippen molar-refractivity contribution in [2.45, 2.75) is 18.0 Å². The van der Waals surface area contributed by atoms with Crippen LogP contribution < -0.4 is 0 Å². The van der Waals surface area contributed by atoms with E-state index in [-0.39, 0.29) is 11.1 Å². The number of H-pyrrole nitrogens is 1. The summed E-state index contributed by atoms with van der Waals surface area (Å²) in [5.74, 6) is -0.0703. The van der Waals surface area contributed by atoms with Crippen molar-refractivity contribution >= 4 is 20.6 Å². The van der Waals surface area contributed by atoms with Crippen LogP contribution in [0.15, 0.2) is 47.9 Å². The van der Waals surface area contributed by atoms with E-state index in [9.17, 15) is 8.42 Å². The molecule has 0 bridgehead atoms. The summed E-state index contributed by atoms with van der Waals surface area (Å²) >= 11 is 0. The molecule has 1 aromatic carbocycles. The second-order valence-electron chi connectivity index (χ2n) is 5.05. The fraction of sp³-hybridized carbons (Fsp3) is 0.200.